The van der Waals surface area contributed by atoms with E-state index in [4.69, 9.17) is 28.1 Å². The Morgan fingerprint density at radius 3 is 2.17 bits per heavy atom. The van der Waals surface area contributed by atoms with Gasteiger partial charge in [-0.15, -0.1) is 0 Å². The lowest BCUT2D eigenvalue weighted by Gasteiger charge is -2.05. The molecule has 0 radical (unpaired) electrons. The van der Waals surface area contributed by atoms with E-state index in [-0.39, 0.29) is 0 Å². The molecule has 8 heteroatoms. The first-order valence-electron chi connectivity index (χ1n) is 5.26. The van der Waals surface area contributed by atoms with Crippen LogP contribution in [0, 0.1) is 0 Å². The highest BCUT2D eigenvalue weighted by atomic mass is 32.3. The molecule has 0 heterocycles. The van der Waals surface area contributed by atoms with E-state index in [1.807, 2.05) is 24.3 Å². The van der Waals surface area contributed by atoms with Crippen LogP contribution < -0.4 is 16.0 Å². The molecular formula is C10H18N2O5S. The van der Waals surface area contributed by atoms with E-state index < -0.39 is 10.4 Å². The lowest BCUT2D eigenvalue weighted by Crippen LogP contribution is -2.06. The van der Waals surface area contributed by atoms with Crippen LogP contribution in [0.3, 0.4) is 0 Å². The van der Waals surface area contributed by atoms with Crippen molar-refractivity contribution in [3.8, 4) is 5.75 Å². The fourth-order valence-corrected chi connectivity index (χ4v) is 0.982. The van der Waals surface area contributed by atoms with Crippen molar-refractivity contribution in [1.29, 1.82) is 0 Å². The number of benzene rings is 1. The molecule has 1 rings (SSSR count). The summed E-state index contributed by atoms with van der Waals surface area (Å²) >= 11 is 0. The van der Waals surface area contributed by atoms with Crippen molar-refractivity contribution in [2.75, 3.05) is 12.0 Å². The number of hydrogen-bond donors (Lipinski definition) is 4. The Morgan fingerprint density at radius 2 is 1.78 bits per heavy atom. The van der Waals surface area contributed by atoms with Crippen molar-refractivity contribution < 1.29 is 22.3 Å². The van der Waals surface area contributed by atoms with Crippen molar-refractivity contribution in [2.45, 2.75) is 19.8 Å². The normalized spacial score (nSPS) is 10.2. The van der Waals surface area contributed by atoms with Gasteiger partial charge in [-0.3, -0.25) is 14.9 Å². The maximum atomic E-state index is 8.74. The van der Waals surface area contributed by atoms with Gasteiger partial charge in [0.15, 0.2) is 0 Å². The summed E-state index contributed by atoms with van der Waals surface area (Å²) in [5.74, 6) is 6.13. The molecule has 18 heavy (non-hydrogen) atoms. The average Bonchev–Trinajstić information content (AvgIpc) is 2.28. The van der Waals surface area contributed by atoms with E-state index >= 15 is 0 Å². The highest BCUT2D eigenvalue weighted by Crippen LogP contribution is 2.14. The quantitative estimate of drug-likeness (QED) is 0.278. The van der Waals surface area contributed by atoms with Crippen molar-refractivity contribution >= 4 is 16.1 Å². The van der Waals surface area contributed by atoms with Crippen LogP contribution in [-0.4, -0.2) is 24.1 Å². The Bertz CT molecular complexity index is 410. The average molecular weight is 278 g/mol. The topological polar surface area (TPSA) is 122 Å². The van der Waals surface area contributed by atoms with Gasteiger partial charge < -0.3 is 10.2 Å². The number of ether oxygens (including phenoxy) is 1. The van der Waals surface area contributed by atoms with Crippen molar-refractivity contribution in [2.24, 2.45) is 5.84 Å². The van der Waals surface area contributed by atoms with Gasteiger partial charge in [0.2, 0.25) is 0 Å². The molecule has 0 aliphatic heterocycles. The number of nitrogen functional groups attached to an aromatic ring is 1. The van der Waals surface area contributed by atoms with Crippen LogP contribution in [0.4, 0.5) is 5.69 Å². The second kappa shape index (κ2) is 8.70. The molecule has 0 aliphatic rings. The SMILES string of the molecule is CCCCOc1ccc(NN)cc1.O=S(=O)(O)O. The van der Waals surface area contributed by atoms with Crippen LogP contribution in [-0.2, 0) is 10.4 Å². The summed E-state index contributed by atoms with van der Waals surface area (Å²) < 4.78 is 37.1. The molecule has 0 atom stereocenters. The molecule has 1 aromatic carbocycles. The van der Waals surface area contributed by atoms with Gasteiger partial charge in [0.1, 0.15) is 5.75 Å². The minimum atomic E-state index is -4.67. The summed E-state index contributed by atoms with van der Waals surface area (Å²) in [6.07, 6.45) is 2.25. The molecule has 0 aromatic heterocycles. The molecule has 7 nitrogen and oxygen atoms in total. The van der Waals surface area contributed by atoms with Gasteiger partial charge in [0, 0.05) is 5.69 Å². The Labute approximate surface area is 107 Å². The number of nitrogens with one attached hydrogen (secondary N) is 1. The van der Waals surface area contributed by atoms with Gasteiger partial charge in [0.25, 0.3) is 0 Å². The summed E-state index contributed by atoms with van der Waals surface area (Å²) in [7, 11) is -4.67. The van der Waals surface area contributed by atoms with Crippen molar-refractivity contribution in [3.63, 3.8) is 0 Å². The van der Waals surface area contributed by atoms with Gasteiger partial charge >= 0.3 is 10.4 Å². The molecule has 5 N–H and O–H groups in total. The Morgan fingerprint density at radius 1 is 1.28 bits per heavy atom. The minimum Gasteiger partial charge on any atom is -0.494 e. The summed E-state index contributed by atoms with van der Waals surface area (Å²) in [6, 6.07) is 7.60. The van der Waals surface area contributed by atoms with Gasteiger partial charge in [-0.2, -0.15) is 8.42 Å². The fourth-order valence-electron chi connectivity index (χ4n) is 0.982. The molecule has 0 spiro atoms. The summed E-state index contributed by atoms with van der Waals surface area (Å²) in [5, 5.41) is 0. The highest BCUT2D eigenvalue weighted by molar-refractivity contribution is 7.79. The first-order chi connectivity index (χ1) is 8.36. The van der Waals surface area contributed by atoms with Crippen molar-refractivity contribution in [1.82, 2.24) is 0 Å². The van der Waals surface area contributed by atoms with Crippen LogP contribution in [0.25, 0.3) is 0 Å². The van der Waals surface area contributed by atoms with Gasteiger partial charge in [-0.05, 0) is 30.7 Å². The molecule has 0 bridgehead atoms. The second-order valence-electron chi connectivity index (χ2n) is 3.32. The van der Waals surface area contributed by atoms with Crippen LogP contribution in [0.15, 0.2) is 24.3 Å². The van der Waals surface area contributed by atoms with Crippen LogP contribution in [0.5, 0.6) is 5.75 Å². The third-order valence-corrected chi connectivity index (χ3v) is 1.79. The fraction of sp³-hybridized carbons (Fsp3) is 0.400. The molecule has 104 valence electrons. The second-order valence-corrected chi connectivity index (χ2v) is 4.21. The number of anilines is 1. The summed E-state index contributed by atoms with van der Waals surface area (Å²) in [5.41, 5.74) is 3.46. The molecule has 0 unspecified atom stereocenters. The van der Waals surface area contributed by atoms with E-state index in [0.717, 1.165) is 30.9 Å². The van der Waals surface area contributed by atoms with Crippen molar-refractivity contribution in [3.05, 3.63) is 24.3 Å². The zero-order valence-electron chi connectivity index (χ0n) is 10.0. The molecule has 0 amide bonds. The molecule has 1 aromatic rings. The predicted molar refractivity (Wildman–Crippen MR) is 68.8 cm³/mol. The van der Waals surface area contributed by atoms with E-state index in [2.05, 4.69) is 12.3 Å². The predicted octanol–water partition coefficient (Wildman–Crippen LogP) is 1.50. The van der Waals surface area contributed by atoms with Crippen LogP contribution >= 0.6 is 0 Å². The number of rotatable bonds is 5. The van der Waals surface area contributed by atoms with Crippen LogP contribution in [0.1, 0.15) is 19.8 Å². The minimum absolute atomic E-state index is 0.784. The Hall–Kier alpha value is -1.35. The number of hydrazine groups is 1. The molecular weight excluding hydrogens is 260 g/mol. The van der Waals surface area contributed by atoms with E-state index in [1.165, 1.54) is 0 Å². The summed E-state index contributed by atoms with van der Waals surface area (Å²) in [4.78, 5) is 0. The molecule has 0 saturated heterocycles. The number of nitrogens with two attached hydrogens (primary N) is 1. The number of unbranched alkanes of at least 4 members (excludes halogenated alkanes) is 1. The monoisotopic (exact) mass is 278 g/mol. The maximum absolute atomic E-state index is 8.74. The largest absolute Gasteiger partial charge is 0.494 e. The Kier molecular flexibility index (Phi) is 8.05. The van der Waals surface area contributed by atoms with Gasteiger partial charge in [0.05, 0.1) is 6.61 Å². The van der Waals surface area contributed by atoms with E-state index in [0.29, 0.717) is 0 Å². The molecule has 0 saturated carbocycles. The Balaban J connectivity index is 0.000000494. The zero-order valence-corrected chi connectivity index (χ0v) is 10.9. The maximum Gasteiger partial charge on any atom is 0.394 e. The van der Waals surface area contributed by atoms with E-state index in [1.54, 1.807) is 0 Å². The van der Waals surface area contributed by atoms with Gasteiger partial charge in [-0.25, -0.2) is 0 Å². The van der Waals surface area contributed by atoms with Crippen LogP contribution in [0.2, 0.25) is 0 Å². The molecule has 0 aliphatic carbocycles. The lowest BCUT2D eigenvalue weighted by atomic mass is 10.3. The third-order valence-electron chi connectivity index (χ3n) is 1.79. The molecule has 0 fully saturated rings. The standard InChI is InChI=1S/C10H16N2O.H2O4S/c1-2-3-8-13-10-6-4-9(12-11)5-7-10;1-5(2,3)4/h4-7,12H,2-3,8,11H2,1H3;(H2,1,2,3,4). The third kappa shape index (κ3) is 11.1. The first-order valence-corrected chi connectivity index (χ1v) is 6.66. The summed E-state index contributed by atoms with van der Waals surface area (Å²) in [6.45, 7) is 2.93. The zero-order chi connectivity index (χ0) is 14.0. The smallest absolute Gasteiger partial charge is 0.394 e. The number of hydrogen-bond acceptors (Lipinski definition) is 5. The lowest BCUT2D eigenvalue weighted by molar-refractivity contribution is 0.309. The highest BCUT2D eigenvalue weighted by Gasteiger charge is 1.92. The first kappa shape index (κ1) is 16.6. The van der Waals surface area contributed by atoms with Gasteiger partial charge in [-0.1, -0.05) is 13.3 Å². The van der Waals surface area contributed by atoms with E-state index in [9.17, 15) is 0 Å².